The van der Waals surface area contributed by atoms with Gasteiger partial charge in [0.05, 0.1) is 0 Å². The Labute approximate surface area is 74.0 Å². The van der Waals surface area contributed by atoms with E-state index in [9.17, 15) is 0 Å². The van der Waals surface area contributed by atoms with E-state index in [1.165, 1.54) is 4.91 Å². The van der Waals surface area contributed by atoms with Crippen LogP contribution in [0.25, 0.3) is 0 Å². The minimum Gasteiger partial charge on any atom is -0.319 e. The van der Waals surface area contributed by atoms with E-state index in [2.05, 4.69) is 25.4 Å². The second-order valence-electron chi connectivity index (χ2n) is 2.41. The third-order valence-corrected chi connectivity index (χ3v) is 2.44. The smallest absolute Gasteiger partial charge is 0.00220 e. The first kappa shape index (κ1) is 10.8. The minimum absolute atomic E-state index is 0.572. The first-order chi connectivity index (χ1) is 5.26. The van der Waals surface area contributed by atoms with E-state index in [-0.39, 0.29) is 0 Å². The summed E-state index contributed by atoms with van der Waals surface area (Å²) in [5, 5.41) is 4.98. The minimum atomic E-state index is 0.572. The van der Waals surface area contributed by atoms with Crippen LogP contribution in [-0.4, -0.2) is 13.6 Å². The monoisotopic (exact) mass is 171 g/mol. The van der Waals surface area contributed by atoms with Gasteiger partial charge in [0.15, 0.2) is 0 Å². The van der Waals surface area contributed by atoms with Crippen molar-refractivity contribution in [2.45, 2.75) is 13.3 Å². The van der Waals surface area contributed by atoms with E-state index >= 15 is 0 Å². The Bertz CT molecular complexity index is 132. The molecule has 0 radical (unpaired) electrons. The van der Waals surface area contributed by atoms with Crippen LogP contribution in [-0.2, 0) is 0 Å². The van der Waals surface area contributed by atoms with Crippen molar-refractivity contribution in [3.05, 3.63) is 23.5 Å². The summed E-state index contributed by atoms with van der Waals surface area (Å²) in [6.45, 7) is 10.8. The molecule has 2 heteroatoms. The van der Waals surface area contributed by atoms with Crippen LogP contribution in [0.15, 0.2) is 23.5 Å². The molecular weight excluding hydrogens is 154 g/mol. The Morgan fingerprint density at radius 3 is 2.73 bits per heavy atom. The lowest BCUT2D eigenvalue weighted by Crippen LogP contribution is -2.18. The normalized spacial score (nSPS) is 12.5. The number of rotatable bonds is 6. The van der Waals surface area contributed by atoms with Gasteiger partial charge in [-0.3, -0.25) is 0 Å². The van der Waals surface area contributed by atoms with Crippen LogP contribution < -0.4 is 5.32 Å². The predicted octanol–water partition coefficient (Wildman–Crippen LogP) is 2.62. The summed E-state index contributed by atoms with van der Waals surface area (Å²) in [5.41, 5.74) is 0. The highest BCUT2D eigenvalue weighted by atomic mass is 32.2. The molecule has 1 unspecified atom stereocenters. The highest BCUT2D eigenvalue weighted by molar-refractivity contribution is 8.05. The Morgan fingerprint density at radius 2 is 2.36 bits per heavy atom. The van der Waals surface area contributed by atoms with Crippen molar-refractivity contribution in [2.75, 3.05) is 13.6 Å². The summed E-state index contributed by atoms with van der Waals surface area (Å²) < 4.78 is 0. The molecule has 1 N–H and O–H groups in total. The van der Waals surface area contributed by atoms with Crippen molar-refractivity contribution in [3.8, 4) is 0 Å². The summed E-state index contributed by atoms with van der Waals surface area (Å²) in [5.74, 6) is 0.572. The molecule has 0 amide bonds. The van der Waals surface area contributed by atoms with E-state index in [4.69, 9.17) is 0 Å². The molecule has 0 saturated carbocycles. The van der Waals surface area contributed by atoms with Crippen molar-refractivity contribution < 1.29 is 0 Å². The summed E-state index contributed by atoms with van der Waals surface area (Å²) in [6.07, 6.45) is 1.14. The highest BCUT2D eigenvalue weighted by Crippen LogP contribution is 2.24. The number of thioether (sulfide) groups is 1. The van der Waals surface area contributed by atoms with Crippen LogP contribution in [0, 0.1) is 5.92 Å². The van der Waals surface area contributed by atoms with Crippen LogP contribution in [0.1, 0.15) is 13.3 Å². The Hall–Kier alpha value is -0.210. The van der Waals surface area contributed by atoms with Crippen LogP contribution >= 0.6 is 11.8 Å². The van der Waals surface area contributed by atoms with Gasteiger partial charge in [-0.15, -0.1) is 11.8 Å². The zero-order valence-electron chi connectivity index (χ0n) is 7.39. The maximum atomic E-state index is 3.99. The molecule has 11 heavy (non-hydrogen) atoms. The number of hydrogen-bond donors (Lipinski definition) is 1. The second-order valence-corrected chi connectivity index (χ2v) is 3.51. The summed E-state index contributed by atoms with van der Waals surface area (Å²) in [4.78, 5) is 1.21. The lowest BCUT2D eigenvalue weighted by molar-refractivity contribution is 0.575. The van der Waals surface area contributed by atoms with E-state index < -0.39 is 0 Å². The lowest BCUT2D eigenvalue weighted by atomic mass is 10.1. The Kier molecular flexibility index (Phi) is 6.37. The molecule has 0 aromatic rings. The molecule has 0 saturated heterocycles. The molecule has 64 valence electrons. The molecule has 0 aromatic carbocycles. The van der Waals surface area contributed by atoms with Gasteiger partial charge in [0.1, 0.15) is 0 Å². The molecule has 0 spiro atoms. The van der Waals surface area contributed by atoms with Crippen molar-refractivity contribution >= 4 is 11.8 Å². The highest BCUT2D eigenvalue weighted by Gasteiger charge is 2.07. The molecule has 0 aliphatic heterocycles. The molecule has 0 aliphatic rings. The Morgan fingerprint density at radius 1 is 1.73 bits per heavy atom. The van der Waals surface area contributed by atoms with E-state index in [0.717, 1.165) is 13.0 Å². The molecule has 0 fully saturated rings. The molecule has 1 atom stereocenters. The van der Waals surface area contributed by atoms with Gasteiger partial charge in [-0.05, 0) is 23.8 Å². The number of hydrogen-bond acceptors (Lipinski definition) is 2. The van der Waals surface area contributed by atoms with Crippen LogP contribution in [0.4, 0.5) is 0 Å². The number of nitrogens with one attached hydrogen (secondary N) is 1. The zero-order valence-corrected chi connectivity index (χ0v) is 8.21. The largest absolute Gasteiger partial charge is 0.319 e. The molecule has 0 aliphatic carbocycles. The lowest BCUT2D eigenvalue weighted by Gasteiger charge is -2.14. The zero-order chi connectivity index (χ0) is 8.69. The van der Waals surface area contributed by atoms with Gasteiger partial charge in [-0.1, -0.05) is 20.1 Å². The van der Waals surface area contributed by atoms with Gasteiger partial charge in [-0.25, -0.2) is 0 Å². The standard InChI is InChI=1S/C9H17NS/c1-5-9(7-10-4)8(3)11-6-2/h6,9-10H,2-3,5,7H2,1,4H3. The third kappa shape index (κ3) is 4.27. The van der Waals surface area contributed by atoms with E-state index in [0.29, 0.717) is 5.92 Å². The predicted molar refractivity (Wildman–Crippen MR) is 54.6 cm³/mol. The van der Waals surface area contributed by atoms with Crippen LogP contribution in [0.2, 0.25) is 0 Å². The fourth-order valence-electron chi connectivity index (χ4n) is 0.936. The maximum absolute atomic E-state index is 3.99. The molecule has 0 rings (SSSR count). The quantitative estimate of drug-likeness (QED) is 0.659. The topological polar surface area (TPSA) is 12.0 Å². The fourth-order valence-corrected chi connectivity index (χ4v) is 1.59. The second kappa shape index (κ2) is 6.50. The third-order valence-electron chi connectivity index (χ3n) is 1.63. The van der Waals surface area contributed by atoms with Gasteiger partial charge in [0.25, 0.3) is 0 Å². The first-order valence-electron chi connectivity index (χ1n) is 3.87. The van der Waals surface area contributed by atoms with Crippen LogP contribution in [0.5, 0.6) is 0 Å². The molecule has 0 bridgehead atoms. The van der Waals surface area contributed by atoms with Crippen molar-refractivity contribution in [3.63, 3.8) is 0 Å². The van der Waals surface area contributed by atoms with Gasteiger partial charge in [-0.2, -0.15) is 0 Å². The van der Waals surface area contributed by atoms with Gasteiger partial charge >= 0.3 is 0 Å². The van der Waals surface area contributed by atoms with Gasteiger partial charge in [0.2, 0.25) is 0 Å². The average Bonchev–Trinajstić information content (AvgIpc) is 2.00. The summed E-state index contributed by atoms with van der Waals surface area (Å²) in [6, 6.07) is 0. The Balaban J connectivity index is 3.80. The first-order valence-corrected chi connectivity index (χ1v) is 4.75. The van der Waals surface area contributed by atoms with Gasteiger partial charge < -0.3 is 5.32 Å². The van der Waals surface area contributed by atoms with E-state index in [1.807, 2.05) is 12.5 Å². The summed E-state index contributed by atoms with van der Waals surface area (Å²) in [7, 11) is 1.97. The molecule has 1 nitrogen and oxygen atoms in total. The van der Waals surface area contributed by atoms with E-state index in [1.54, 1.807) is 11.8 Å². The molecule has 0 heterocycles. The summed E-state index contributed by atoms with van der Waals surface area (Å²) >= 11 is 1.63. The van der Waals surface area contributed by atoms with Gasteiger partial charge in [0, 0.05) is 12.5 Å². The fraction of sp³-hybridized carbons (Fsp3) is 0.556. The average molecular weight is 171 g/mol. The SMILES string of the molecule is C=CSC(=C)C(CC)CNC. The van der Waals surface area contributed by atoms with Crippen LogP contribution in [0.3, 0.4) is 0 Å². The van der Waals surface area contributed by atoms with Crippen molar-refractivity contribution in [1.82, 2.24) is 5.32 Å². The molecule has 0 aromatic heterocycles. The van der Waals surface area contributed by atoms with Crippen molar-refractivity contribution in [1.29, 1.82) is 0 Å². The maximum Gasteiger partial charge on any atom is 0.00220 e. The van der Waals surface area contributed by atoms with Crippen molar-refractivity contribution in [2.24, 2.45) is 5.92 Å². The molecular formula is C9H17NS.